The first-order valence-corrected chi connectivity index (χ1v) is 7.65. The molecule has 28 heavy (non-hydrogen) atoms. The minimum Gasteiger partial charge on any atom is -0.497 e. The highest BCUT2D eigenvalue weighted by Gasteiger charge is 2.29. The summed E-state index contributed by atoms with van der Waals surface area (Å²) in [5, 5.41) is 13.4. The quantitative estimate of drug-likeness (QED) is 0.561. The van der Waals surface area contributed by atoms with Crippen LogP contribution in [0, 0.1) is 10.1 Å². The molecule has 2 rings (SSSR count). The summed E-state index contributed by atoms with van der Waals surface area (Å²) < 4.78 is 51.6. The summed E-state index contributed by atoms with van der Waals surface area (Å²) >= 11 is 0. The van der Waals surface area contributed by atoms with Gasteiger partial charge < -0.3 is 19.5 Å². The van der Waals surface area contributed by atoms with E-state index in [9.17, 15) is 28.1 Å². The molecule has 0 fully saturated rings. The molecule has 0 aliphatic rings. The van der Waals surface area contributed by atoms with Crippen LogP contribution in [-0.4, -0.2) is 37.8 Å². The van der Waals surface area contributed by atoms with Crippen molar-refractivity contribution in [2.45, 2.75) is 6.18 Å². The van der Waals surface area contributed by atoms with E-state index < -0.39 is 35.1 Å². The highest BCUT2D eigenvalue weighted by molar-refractivity contribution is 6.05. The van der Waals surface area contributed by atoms with E-state index in [1.807, 2.05) is 0 Å². The van der Waals surface area contributed by atoms with Crippen LogP contribution in [0.4, 0.5) is 24.5 Å². The van der Waals surface area contributed by atoms with Crippen LogP contribution in [0.2, 0.25) is 0 Å². The summed E-state index contributed by atoms with van der Waals surface area (Å²) in [7, 11) is 2.78. The number of hydrogen-bond acceptors (Lipinski definition) is 6. The molecule has 0 saturated carbocycles. The molecule has 1 N–H and O–H groups in total. The number of benzene rings is 2. The molecule has 0 bridgehead atoms. The molecule has 1 amide bonds. The average molecular weight is 400 g/mol. The molecule has 0 aromatic heterocycles. The van der Waals surface area contributed by atoms with Crippen LogP contribution in [0.3, 0.4) is 0 Å². The van der Waals surface area contributed by atoms with Crippen LogP contribution in [-0.2, 0) is 0 Å². The van der Waals surface area contributed by atoms with Crippen molar-refractivity contribution in [1.29, 1.82) is 0 Å². The predicted molar refractivity (Wildman–Crippen MR) is 92.1 cm³/mol. The first-order valence-electron chi connectivity index (χ1n) is 7.65. The van der Waals surface area contributed by atoms with Crippen molar-refractivity contribution < 1.29 is 37.1 Å². The van der Waals surface area contributed by atoms with Gasteiger partial charge in [-0.1, -0.05) is 0 Å². The maximum Gasteiger partial charge on any atom is 0.422 e. The first kappa shape index (κ1) is 20.8. The van der Waals surface area contributed by atoms with Crippen LogP contribution in [0.15, 0.2) is 36.4 Å². The van der Waals surface area contributed by atoms with Crippen molar-refractivity contribution in [3.05, 3.63) is 52.1 Å². The summed E-state index contributed by atoms with van der Waals surface area (Å²) in [4.78, 5) is 22.6. The molecule has 2 aromatic rings. The number of nitrogens with zero attached hydrogens (tertiary/aromatic N) is 1. The van der Waals surface area contributed by atoms with Gasteiger partial charge in [0.2, 0.25) is 0 Å². The van der Waals surface area contributed by atoms with Gasteiger partial charge in [0.25, 0.3) is 11.6 Å². The Hall–Kier alpha value is -3.50. The molecule has 0 unspecified atom stereocenters. The zero-order valence-corrected chi connectivity index (χ0v) is 14.7. The van der Waals surface area contributed by atoms with Crippen molar-refractivity contribution >= 4 is 17.3 Å². The maximum absolute atomic E-state index is 12.4. The van der Waals surface area contributed by atoms with E-state index in [-0.39, 0.29) is 11.3 Å². The van der Waals surface area contributed by atoms with E-state index >= 15 is 0 Å². The fourth-order valence-corrected chi connectivity index (χ4v) is 2.15. The number of methoxy groups -OCH3 is 2. The molecule has 0 atom stereocenters. The van der Waals surface area contributed by atoms with Crippen LogP contribution >= 0.6 is 0 Å². The van der Waals surface area contributed by atoms with Crippen LogP contribution in [0.5, 0.6) is 17.2 Å². The lowest BCUT2D eigenvalue weighted by molar-refractivity contribution is -0.384. The third kappa shape index (κ3) is 5.76. The lowest BCUT2D eigenvalue weighted by Crippen LogP contribution is -2.19. The summed E-state index contributed by atoms with van der Waals surface area (Å²) in [6.45, 7) is -1.63. The Bertz CT molecular complexity index is 863. The van der Waals surface area contributed by atoms with Gasteiger partial charge in [0.15, 0.2) is 6.61 Å². The lowest BCUT2D eigenvalue weighted by Gasteiger charge is -2.12. The number of carbonyl (C=O) groups is 1. The fraction of sp³-hybridized carbons (Fsp3) is 0.235. The summed E-state index contributed by atoms with van der Waals surface area (Å²) in [6, 6.07) is 7.21. The Morgan fingerprint density at radius 2 is 1.64 bits per heavy atom. The molecule has 2 aromatic carbocycles. The number of nitro groups is 1. The highest BCUT2D eigenvalue weighted by Crippen LogP contribution is 2.29. The van der Waals surface area contributed by atoms with E-state index in [0.29, 0.717) is 11.5 Å². The molecular weight excluding hydrogens is 385 g/mol. The van der Waals surface area contributed by atoms with E-state index in [2.05, 4.69) is 10.1 Å². The zero-order valence-electron chi connectivity index (χ0n) is 14.7. The van der Waals surface area contributed by atoms with Gasteiger partial charge in [0.05, 0.1) is 30.9 Å². The minimum atomic E-state index is -4.62. The van der Waals surface area contributed by atoms with Gasteiger partial charge >= 0.3 is 6.18 Å². The molecule has 11 heteroatoms. The molecule has 0 saturated heterocycles. The molecule has 150 valence electrons. The number of halogens is 3. The van der Waals surface area contributed by atoms with Crippen molar-refractivity contribution in [3.8, 4) is 17.2 Å². The summed E-state index contributed by atoms with van der Waals surface area (Å²) in [5.41, 5.74) is -0.545. The second-order valence-corrected chi connectivity index (χ2v) is 5.43. The van der Waals surface area contributed by atoms with Gasteiger partial charge in [0.1, 0.15) is 17.2 Å². The smallest absolute Gasteiger partial charge is 0.422 e. The van der Waals surface area contributed by atoms with Gasteiger partial charge in [-0.05, 0) is 12.1 Å². The van der Waals surface area contributed by atoms with Crippen molar-refractivity contribution in [2.24, 2.45) is 0 Å². The number of anilines is 1. The maximum atomic E-state index is 12.4. The molecule has 0 spiro atoms. The monoisotopic (exact) mass is 400 g/mol. The topological polar surface area (TPSA) is 99.9 Å². The van der Waals surface area contributed by atoms with Gasteiger partial charge in [-0.3, -0.25) is 14.9 Å². The largest absolute Gasteiger partial charge is 0.497 e. The minimum absolute atomic E-state index is 0.112. The second kappa shape index (κ2) is 8.46. The normalized spacial score (nSPS) is 10.9. The Morgan fingerprint density at radius 3 is 2.14 bits per heavy atom. The van der Waals surface area contributed by atoms with Crippen molar-refractivity contribution in [1.82, 2.24) is 0 Å². The second-order valence-electron chi connectivity index (χ2n) is 5.43. The van der Waals surface area contributed by atoms with Crippen molar-refractivity contribution in [2.75, 3.05) is 26.1 Å². The molecule has 0 aliphatic heterocycles. The Kier molecular flexibility index (Phi) is 6.29. The van der Waals surface area contributed by atoms with Crippen LogP contribution in [0.25, 0.3) is 0 Å². The molecule has 0 heterocycles. The van der Waals surface area contributed by atoms with Crippen LogP contribution in [0.1, 0.15) is 10.4 Å². The predicted octanol–water partition coefficient (Wildman–Crippen LogP) is 3.81. The molecule has 8 nitrogen and oxygen atoms in total. The number of amides is 1. The number of ether oxygens (including phenoxy) is 3. The number of non-ortho nitro benzene ring substituents is 1. The number of nitro benzene ring substituents is 1. The average Bonchev–Trinajstić information content (AvgIpc) is 2.65. The van der Waals surface area contributed by atoms with E-state index in [0.717, 1.165) is 18.2 Å². The fourth-order valence-electron chi connectivity index (χ4n) is 2.15. The molecule has 0 radical (unpaired) electrons. The summed E-state index contributed by atoms with van der Waals surface area (Å²) in [6.07, 6.45) is -4.62. The summed E-state index contributed by atoms with van der Waals surface area (Å²) in [5.74, 6) is -0.431. The standard InChI is InChI=1S/C17H15F3N2O6/c1-26-13-3-10(4-14(8-13)27-2)16(23)21-11-5-12(22(24)25)7-15(6-11)28-9-17(18,19)20/h3-8H,9H2,1-2H3,(H,21,23). The highest BCUT2D eigenvalue weighted by atomic mass is 19.4. The number of rotatable bonds is 7. The number of hydrogen-bond donors (Lipinski definition) is 1. The van der Waals surface area contributed by atoms with E-state index in [1.54, 1.807) is 0 Å². The third-order valence-electron chi connectivity index (χ3n) is 3.38. The Balaban J connectivity index is 2.30. The Labute approximate surface area is 157 Å². The SMILES string of the molecule is COc1cc(OC)cc(C(=O)Nc2cc(OCC(F)(F)F)cc([N+](=O)[O-])c2)c1. The first-order chi connectivity index (χ1) is 13.1. The van der Waals surface area contributed by atoms with Crippen molar-refractivity contribution in [3.63, 3.8) is 0 Å². The Morgan fingerprint density at radius 1 is 1.04 bits per heavy atom. The van der Waals surface area contributed by atoms with Gasteiger partial charge in [-0.25, -0.2) is 0 Å². The van der Waals surface area contributed by atoms with Gasteiger partial charge in [-0.15, -0.1) is 0 Å². The molecular formula is C17H15F3N2O6. The van der Waals surface area contributed by atoms with E-state index in [1.165, 1.54) is 32.4 Å². The lowest BCUT2D eigenvalue weighted by atomic mass is 10.1. The third-order valence-corrected chi connectivity index (χ3v) is 3.38. The zero-order chi connectivity index (χ0) is 20.9. The van der Waals surface area contributed by atoms with E-state index in [4.69, 9.17) is 9.47 Å². The number of alkyl halides is 3. The van der Waals surface area contributed by atoms with Gasteiger partial charge in [0, 0.05) is 23.8 Å². The van der Waals surface area contributed by atoms with Gasteiger partial charge in [-0.2, -0.15) is 13.2 Å². The number of nitrogens with one attached hydrogen (secondary N) is 1. The number of carbonyl (C=O) groups excluding carboxylic acids is 1. The van der Waals surface area contributed by atoms with Crippen LogP contribution < -0.4 is 19.5 Å². The molecule has 0 aliphatic carbocycles.